The number of carbonyl (C=O) groups is 1. The number of amides is 1. The Morgan fingerprint density at radius 3 is 2.64 bits per heavy atom. The van der Waals surface area contributed by atoms with Crippen LogP contribution in [-0.2, 0) is 6.18 Å². The number of likely N-dealkylation sites (N-methyl/N-ethyl adjacent to an activating group) is 1. The van der Waals surface area contributed by atoms with Gasteiger partial charge in [-0.25, -0.2) is 4.98 Å². The number of nitrogens with two attached hydrogens (primary N) is 1. The summed E-state index contributed by atoms with van der Waals surface area (Å²) in [5.41, 5.74) is 5.22. The van der Waals surface area contributed by atoms with Crippen molar-refractivity contribution >= 4 is 17.0 Å². The molecule has 0 aliphatic carbocycles. The molecule has 1 amide bonds. The monoisotopic (exact) mass is 392 g/mol. The number of aryl methyl sites for hydroxylation is 1. The first-order valence-electron chi connectivity index (χ1n) is 8.56. The van der Waals surface area contributed by atoms with Gasteiger partial charge in [-0.1, -0.05) is 23.4 Å². The van der Waals surface area contributed by atoms with Crippen LogP contribution >= 0.6 is 0 Å². The largest absolute Gasteiger partial charge is 0.417 e. The molecule has 0 bridgehead atoms. The Hall–Kier alpha value is -2.94. The quantitative estimate of drug-likeness (QED) is 0.733. The minimum atomic E-state index is -4.57. The lowest BCUT2D eigenvalue weighted by Crippen LogP contribution is -2.39. The second-order valence-corrected chi connectivity index (χ2v) is 6.55. The second-order valence-electron chi connectivity index (χ2n) is 6.55. The lowest BCUT2D eigenvalue weighted by atomic mass is 10.00. The molecule has 1 atom stereocenters. The average Bonchev–Trinajstić information content (AvgIpc) is 3.05. The smallest absolute Gasteiger partial charge is 0.338 e. The molecule has 0 aliphatic heterocycles. The Balaban J connectivity index is 2.25. The van der Waals surface area contributed by atoms with E-state index in [9.17, 15) is 18.0 Å². The average molecular weight is 392 g/mol. The Morgan fingerprint density at radius 2 is 2.00 bits per heavy atom. The number of benzene rings is 1. The molecule has 0 saturated heterocycles. The molecule has 1 unspecified atom stereocenters. The summed E-state index contributed by atoms with van der Waals surface area (Å²) in [4.78, 5) is 18.6. The zero-order valence-corrected chi connectivity index (χ0v) is 15.5. The van der Waals surface area contributed by atoms with Crippen LogP contribution in [0.3, 0.4) is 0 Å². The number of halogens is 3. The van der Waals surface area contributed by atoms with Gasteiger partial charge in [0.2, 0.25) is 0 Å². The van der Waals surface area contributed by atoms with Crippen molar-refractivity contribution in [3.63, 3.8) is 0 Å². The maximum atomic E-state index is 13.4. The van der Waals surface area contributed by atoms with E-state index in [-0.39, 0.29) is 35.1 Å². The first-order chi connectivity index (χ1) is 13.1. The van der Waals surface area contributed by atoms with Crippen LogP contribution in [-0.4, -0.2) is 40.6 Å². The van der Waals surface area contributed by atoms with Crippen LogP contribution in [0.15, 0.2) is 34.9 Å². The van der Waals surface area contributed by atoms with E-state index in [4.69, 9.17) is 10.3 Å². The predicted octanol–water partition coefficient (Wildman–Crippen LogP) is 3.64. The van der Waals surface area contributed by atoms with Gasteiger partial charge in [0.1, 0.15) is 0 Å². The van der Waals surface area contributed by atoms with Gasteiger partial charge < -0.3 is 15.2 Å². The standard InChI is InChI=1S/C19H19F3N4O2/c1-10(9-23)26(3)18(27)13-8-15(24-17-16(13)11(2)25-28-17)12-6-4-5-7-14(12)19(20,21)22/h4-8,10H,9,23H2,1-3H3. The fraction of sp³-hybridized carbons (Fsp3) is 0.316. The molecule has 2 heterocycles. The Labute approximate surface area is 159 Å². The van der Waals surface area contributed by atoms with Crippen molar-refractivity contribution in [2.45, 2.75) is 26.1 Å². The number of aromatic nitrogens is 2. The van der Waals surface area contributed by atoms with Crippen LogP contribution in [0.4, 0.5) is 13.2 Å². The highest BCUT2D eigenvalue weighted by Crippen LogP contribution is 2.37. The number of hydrogen-bond donors (Lipinski definition) is 1. The zero-order valence-electron chi connectivity index (χ0n) is 15.5. The van der Waals surface area contributed by atoms with Gasteiger partial charge in [0, 0.05) is 25.2 Å². The minimum absolute atomic E-state index is 0.00382. The maximum absolute atomic E-state index is 13.4. The molecule has 0 radical (unpaired) electrons. The third kappa shape index (κ3) is 3.45. The highest BCUT2D eigenvalue weighted by atomic mass is 19.4. The van der Waals surface area contributed by atoms with Crippen LogP contribution in [0.5, 0.6) is 0 Å². The molecular weight excluding hydrogens is 373 g/mol. The van der Waals surface area contributed by atoms with Crippen LogP contribution in [0.2, 0.25) is 0 Å². The molecule has 2 N–H and O–H groups in total. The molecule has 28 heavy (non-hydrogen) atoms. The van der Waals surface area contributed by atoms with Crippen LogP contribution in [0.1, 0.15) is 28.5 Å². The fourth-order valence-corrected chi connectivity index (χ4v) is 2.90. The molecule has 148 valence electrons. The van der Waals surface area contributed by atoms with Gasteiger partial charge >= 0.3 is 6.18 Å². The van der Waals surface area contributed by atoms with E-state index in [2.05, 4.69) is 10.1 Å². The molecule has 0 spiro atoms. The van der Waals surface area contributed by atoms with Gasteiger partial charge in [-0.05, 0) is 26.0 Å². The topological polar surface area (TPSA) is 85.2 Å². The zero-order chi connectivity index (χ0) is 20.6. The number of hydrogen-bond acceptors (Lipinski definition) is 5. The molecule has 3 rings (SSSR count). The summed E-state index contributed by atoms with van der Waals surface area (Å²) in [5, 5.41) is 4.18. The number of rotatable bonds is 4. The molecule has 3 aromatic rings. The molecule has 0 aliphatic rings. The molecule has 2 aromatic heterocycles. The highest BCUT2D eigenvalue weighted by molar-refractivity contribution is 6.07. The number of fused-ring (bicyclic) bond motifs is 1. The van der Waals surface area contributed by atoms with Gasteiger partial charge in [-0.3, -0.25) is 4.79 Å². The van der Waals surface area contributed by atoms with E-state index >= 15 is 0 Å². The van der Waals surface area contributed by atoms with Crippen molar-refractivity contribution in [3.05, 3.63) is 47.2 Å². The van der Waals surface area contributed by atoms with Crippen molar-refractivity contribution in [1.82, 2.24) is 15.0 Å². The number of nitrogens with zero attached hydrogens (tertiary/aromatic N) is 3. The summed E-state index contributed by atoms with van der Waals surface area (Å²) in [7, 11) is 1.58. The molecule has 9 heteroatoms. The van der Waals surface area contributed by atoms with Crippen LogP contribution < -0.4 is 5.73 Å². The van der Waals surface area contributed by atoms with E-state index < -0.39 is 17.6 Å². The first-order valence-corrected chi connectivity index (χ1v) is 8.56. The van der Waals surface area contributed by atoms with Gasteiger partial charge in [-0.15, -0.1) is 0 Å². The van der Waals surface area contributed by atoms with Gasteiger partial charge in [0.05, 0.1) is 27.9 Å². The third-order valence-corrected chi connectivity index (χ3v) is 4.68. The van der Waals surface area contributed by atoms with Gasteiger partial charge in [0.15, 0.2) is 0 Å². The molecule has 1 aromatic carbocycles. The summed E-state index contributed by atoms with van der Waals surface area (Å²) < 4.78 is 45.5. The van der Waals surface area contributed by atoms with Crippen LogP contribution in [0, 0.1) is 6.92 Å². The molecule has 6 nitrogen and oxygen atoms in total. The second kappa shape index (κ2) is 7.23. The SMILES string of the molecule is Cc1noc2nc(-c3ccccc3C(F)(F)F)cc(C(=O)N(C)C(C)CN)c12. The minimum Gasteiger partial charge on any atom is -0.338 e. The Kier molecular flexibility index (Phi) is 5.12. The normalized spacial score (nSPS) is 13.0. The predicted molar refractivity (Wildman–Crippen MR) is 97.6 cm³/mol. The lowest BCUT2D eigenvalue weighted by Gasteiger charge is -2.24. The van der Waals surface area contributed by atoms with E-state index in [1.54, 1.807) is 20.9 Å². The maximum Gasteiger partial charge on any atom is 0.417 e. The molecular formula is C19H19F3N4O2. The van der Waals surface area contributed by atoms with Crippen molar-refractivity contribution in [3.8, 4) is 11.3 Å². The van der Waals surface area contributed by atoms with Crippen LogP contribution in [0.25, 0.3) is 22.4 Å². The number of pyridine rings is 1. The van der Waals surface area contributed by atoms with E-state index in [0.717, 1.165) is 6.07 Å². The number of alkyl halides is 3. The van der Waals surface area contributed by atoms with Crippen molar-refractivity contribution < 1.29 is 22.5 Å². The first kappa shape index (κ1) is 19.8. The highest BCUT2D eigenvalue weighted by Gasteiger charge is 2.34. The van der Waals surface area contributed by atoms with Gasteiger partial charge in [0.25, 0.3) is 11.6 Å². The van der Waals surface area contributed by atoms with Crippen molar-refractivity contribution in [1.29, 1.82) is 0 Å². The summed E-state index contributed by atoms with van der Waals surface area (Å²) >= 11 is 0. The van der Waals surface area contributed by atoms with E-state index in [1.807, 2.05) is 0 Å². The van der Waals surface area contributed by atoms with Gasteiger partial charge in [-0.2, -0.15) is 13.2 Å². The Morgan fingerprint density at radius 1 is 1.32 bits per heavy atom. The van der Waals surface area contributed by atoms with E-state index in [1.165, 1.54) is 29.2 Å². The van der Waals surface area contributed by atoms with Crippen molar-refractivity contribution in [2.24, 2.45) is 5.73 Å². The lowest BCUT2D eigenvalue weighted by molar-refractivity contribution is -0.137. The summed E-state index contributed by atoms with van der Waals surface area (Å²) in [5.74, 6) is -0.401. The molecule has 0 saturated carbocycles. The summed E-state index contributed by atoms with van der Waals surface area (Å²) in [6, 6.07) is 6.14. The fourth-order valence-electron chi connectivity index (χ4n) is 2.90. The summed E-state index contributed by atoms with van der Waals surface area (Å²) in [6.45, 7) is 3.65. The molecule has 0 fully saturated rings. The number of carbonyl (C=O) groups excluding carboxylic acids is 1. The Bertz CT molecular complexity index is 1030. The third-order valence-electron chi connectivity index (χ3n) is 4.68. The van der Waals surface area contributed by atoms with E-state index in [0.29, 0.717) is 11.1 Å². The summed E-state index contributed by atoms with van der Waals surface area (Å²) in [6.07, 6.45) is -4.57. The van der Waals surface area contributed by atoms with Crippen molar-refractivity contribution in [2.75, 3.05) is 13.6 Å².